The first-order chi connectivity index (χ1) is 55.8. The van der Waals surface area contributed by atoms with Crippen molar-refractivity contribution < 1.29 is 89.4 Å². The summed E-state index contributed by atoms with van der Waals surface area (Å²) in [6.45, 7) is 1.68. The van der Waals surface area contributed by atoms with E-state index in [4.69, 9.17) is 28.4 Å². The summed E-state index contributed by atoms with van der Waals surface area (Å²) in [5, 5.41) is 121. The van der Waals surface area contributed by atoms with Gasteiger partial charge < -0.3 is 89.9 Å². The minimum absolute atomic E-state index is 0.244. The van der Waals surface area contributed by atoms with Gasteiger partial charge in [-0.15, -0.1) is 0 Å². The molecule has 0 aromatic carbocycles. The van der Waals surface area contributed by atoms with Gasteiger partial charge in [-0.1, -0.05) is 388 Å². The van der Waals surface area contributed by atoms with E-state index >= 15 is 0 Å². The summed E-state index contributed by atoms with van der Waals surface area (Å²) in [5.74, 6) is -0.270. The highest BCUT2D eigenvalue weighted by Gasteiger charge is 2.54. The van der Waals surface area contributed by atoms with E-state index in [1.54, 1.807) is 6.08 Å². The molecule has 19 heteroatoms. The van der Waals surface area contributed by atoms with Gasteiger partial charge in [-0.25, -0.2) is 0 Å². The number of carbonyl (C=O) groups is 1. The van der Waals surface area contributed by atoms with Crippen LogP contribution in [0.4, 0.5) is 0 Å². The van der Waals surface area contributed by atoms with E-state index in [0.717, 1.165) is 83.5 Å². The molecule has 0 aromatic rings. The zero-order valence-electron chi connectivity index (χ0n) is 71.8. The second-order valence-electron chi connectivity index (χ2n) is 33.1. The Bertz CT molecular complexity index is 2380. The van der Waals surface area contributed by atoms with Crippen molar-refractivity contribution >= 4 is 5.91 Å². The highest BCUT2D eigenvalue weighted by atomic mass is 16.8. The lowest BCUT2D eigenvalue weighted by atomic mass is 9.96. The van der Waals surface area contributed by atoms with E-state index in [2.05, 4.69) is 92.1 Å². The first-order valence-electron chi connectivity index (χ1n) is 46.8. The van der Waals surface area contributed by atoms with Crippen molar-refractivity contribution in [3.8, 4) is 0 Å². The summed E-state index contributed by atoms with van der Waals surface area (Å²) in [6, 6.07) is -0.977. The first-order valence-corrected chi connectivity index (χ1v) is 46.8. The molecule has 0 saturated carbocycles. The van der Waals surface area contributed by atoms with Crippen LogP contribution < -0.4 is 5.32 Å². The van der Waals surface area contributed by atoms with Gasteiger partial charge in [-0.2, -0.15) is 0 Å². The summed E-state index contributed by atoms with van der Waals surface area (Å²) in [4.78, 5) is 13.5. The van der Waals surface area contributed by atoms with Crippen LogP contribution in [0.25, 0.3) is 0 Å². The minimum Gasteiger partial charge on any atom is -0.394 e. The van der Waals surface area contributed by atoms with Crippen molar-refractivity contribution in [1.29, 1.82) is 0 Å². The first kappa shape index (κ1) is 105. The SMILES string of the molecule is CC/C=C\C/C=C\C/C=C\C/C=C\C/C=C\C/C=C\CCCCCCCCCCCCCCCCCCCCCCC(=O)NC(COC1OC(CO)C(OC2OC(CO)C(OC3OC(CO)C(O)C(O)C3O)C(O)C2O)C(O)C1O)C(O)/C=C/CCCCCCCCCCCCCCCCCCCCCCCCCCCCCC. The Morgan fingerprint density at radius 3 is 0.947 bits per heavy atom. The molecule has 3 aliphatic rings. The lowest BCUT2D eigenvalue weighted by Crippen LogP contribution is -2.66. The van der Waals surface area contributed by atoms with Crippen LogP contribution in [0.1, 0.15) is 380 Å². The minimum atomic E-state index is -1.98. The third-order valence-electron chi connectivity index (χ3n) is 22.9. The zero-order chi connectivity index (χ0) is 82.4. The van der Waals surface area contributed by atoms with E-state index in [0.29, 0.717) is 6.42 Å². The van der Waals surface area contributed by atoms with E-state index < -0.39 is 124 Å². The number of rotatable bonds is 76. The van der Waals surface area contributed by atoms with Gasteiger partial charge >= 0.3 is 0 Å². The van der Waals surface area contributed by atoms with Crippen LogP contribution in [-0.4, -0.2) is 193 Å². The number of hydrogen-bond donors (Lipinski definition) is 12. The fraction of sp³-hybridized carbons (Fsp3) is 0.842. The monoisotopic (exact) mass is 1610 g/mol. The molecule has 0 radical (unpaired) electrons. The van der Waals surface area contributed by atoms with Crippen molar-refractivity contribution in [3.63, 3.8) is 0 Å². The van der Waals surface area contributed by atoms with Crippen molar-refractivity contribution in [2.24, 2.45) is 0 Å². The molecule has 19 nitrogen and oxygen atoms in total. The number of ether oxygens (including phenoxy) is 6. The number of allylic oxidation sites excluding steroid dienone is 13. The summed E-state index contributed by atoms with van der Waals surface area (Å²) in [7, 11) is 0. The van der Waals surface area contributed by atoms with Crippen LogP contribution in [0.3, 0.4) is 0 Å². The Kier molecular flexibility index (Phi) is 68.1. The summed E-state index contributed by atoms with van der Waals surface area (Å²) in [6.07, 6.45) is 74.5. The van der Waals surface area contributed by atoms with Crippen LogP contribution in [-0.2, 0) is 33.2 Å². The number of nitrogens with one attached hydrogen (secondary N) is 1. The van der Waals surface area contributed by atoms with Gasteiger partial charge in [0.05, 0.1) is 38.6 Å². The van der Waals surface area contributed by atoms with Gasteiger partial charge in [0, 0.05) is 6.42 Å². The van der Waals surface area contributed by atoms with E-state index in [1.165, 1.54) is 270 Å². The fourth-order valence-electron chi connectivity index (χ4n) is 15.6. The lowest BCUT2D eigenvalue weighted by Gasteiger charge is -2.48. The molecule has 0 aromatic heterocycles. The quantitative estimate of drug-likeness (QED) is 0.0199. The van der Waals surface area contributed by atoms with Crippen LogP contribution >= 0.6 is 0 Å². The van der Waals surface area contributed by atoms with Gasteiger partial charge in [-0.05, 0) is 70.6 Å². The van der Waals surface area contributed by atoms with Crippen molar-refractivity contribution in [1.82, 2.24) is 5.32 Å². The molecule has 12 N–H and O–H groups in total. The average molecular weight is 1620 g/mol. The predicted octanol–water partition coefficient (Wildman–Crippen LogP) is 18.5. The number of hydrogen-bond acceptors (Lipinski definition) is 18. The molecule has 3 rings (SSSR count). The Labute approximate surface area is 692 Å². The molecule has 3 heterocycles. The maximum Gasteiger partial charge on any atom is 0.220 e. The van der Waals surface area contributed by atoms with Crippen LogP contribution in [0.2, 0.25) is 0 Å². The highest BCUT2D eigenvalue weighted by Crippen LogP contribution is 2.34. The fourth-order valence-corrected chi connectivity index (χ4v) is 15.6. The molecule has 0 bridgehead atoms. The number of unbranched alkanes of at least 4 members (excludes halogenated alkanes) is 48. The Balaban J connectivity index is 1.31. The second-order valence-corrected chi connectivity index (χ2v) is 33.1. The van der Waals surface area contributed by atoms with Crippen LogP contribution in [0.5, 0.6) is 0 Å². The van der Waals surface area contributed by atoms with E-state index in [1.807, 2.05) is 6.08 Å². The smallest absolute Gasteiger partial charge is 0.220 e. The second kappa shape index (κ2) is 73.9. The molecule has 0 spiro atoms. The molecular weight excluding hydrogens is 1440 g/mol. The Hall–Kier alpha value is -3.03. The van der Waals surface area contributed by atoms with Crippen LogP contribution in [0, 0.1) is 0 Å². The third-order valence-corrected chi connectivity index (χ3v) is 22.9. The van der Waals surface area contributed by atoms with Crippen molar-refractivity contribution in [3.05, 3.63) is 85.1 Å². The van der Waals surface area contributed by atoms with Gasteiger partial charge in [0.1, 0.15) is 73.2 Å². The Morgan fingerprint density at radius 2 is 0.605 bits per heavy atom. The predicted molar refractivity (Wildman–Crippen MR) is 461 cm³/mol. The summed E-state index contributed by atoms with van der Waals surface area (Å²) >= 11 is 0. The molecule has 664 valence electrons. The standard InChI is InChI=1S/C95H171NO18/c1-3-5-7-9-11-13-15-17-19-21-23-25-27-29-31-33-35-36-37-38-39-40-41-42-43-45-47-49-51-53-55-57-59-61-63-65-67-69-71-73-83(101)96-78(79(100)72-70-68-66-64-62-60-58-56-54-52-50-48-46-44-34-32-30-28-26-24-22-20-18-16-14-12-10-8-6-4-2)77-109-93-89(107)86(104)91(81(75-98)111-93)114-95-90(108)87(105)92(82(76-99)112-95)113-94-88(106)85(103)84(102)80(74-97)110-94/h5,7,11,13,17,19,23,25,29,31,35-36,70,72,78-82,84-95,97-100,102-108H,3-4,6,8-10,12,14-16,18,20-22,24,26-28,30,32-34,37-69,71,73-77H2,1-2H3,(H,96,101)/b7-5-,13-11-,19-17-,25-23-,31-29-,36-35-,72-70+. The van der Waals surface area contributed by atoms with Crippen molar-refractivity contribution in [2.45, 2.75) is 484 Å². The van der Waals surface area contributed by atoms with E-state index in [9.17, 15) is 61.0 Å². The molecule has 3 saturated heterocycles. The maximum absolute atomic E-state index is 13.5. The number of aliphatic hydroxyl groups is 11. The Morgan fingerprint density at radius 1 is 0.325 bits per heavy atom. The van der Waals surface area contributed by atoms with Gasteiger partial charge in [-0.3, -0.25) is 4.79 Å². The molecule has 114 heavy (non-hydrogen) atoms. The number of aliphatic hydroxyl groups excluding tert-OH is 11. The number of carbonyl (C=O) groups excluding carboxylic acids is 1. The summed E-state index contributed by atoms with van der Waals surface area (Å²) < 4.78 is 34.6. The van der Waals surface area contributed by atoms with Gasteiger partial charge in [0.25, 0.3) is 0 Å². The molecule has 0 aliphatic carbocycles. The van der Waals surface area contributed by atoms with Crippen molar-refractivity contribution in [2.75, 3.05) is 26.4 Å². The normalized spacial score (nSPS) is 25.1. The molecule has 3 fully saturated rings. The van der Waals surface area contributed by atoms with E-state index in [-0.39, 0.29) is 18.9 Å². The van der Waals surface area contributed by atoms with Gasteiger partial charge in [0.15, 0.2) is 18.9 Å². The molecule has 17 unspecified atom stereocenters. The topological polar surface area (TPSA) is 307 Å². The molecule has 17 atom stereocenters. The largest absolute Gasteiger partial charge is 0.394 e. The maximum atomic E-state index is 13.5. The molecule has 1 amide bonds. The molecule has 3 aliphatic heterocycles. The van der Waals surface area contributed by atoms with Crippen LogP contribution in [0.15, 0.2) is 85.1 Å². The average Bonchev–Trinajstić information content (AvgIpc) is 0.783. The lowest BCUT2D eigenvalue weighted by molar-refractivity contribution is -0.379. The summed E-state index contributed by atoms with van der Waals surface area (Å²) in [5.41, 5.74) is 0. The highest BCUT2D eigenvalue weighted by molar-refractivity contribution is 5.76. The third kappa shape index (κ3) is 51.6. The zero-order valence-corrected chi connectivity index (χ0v) is 71.8. The number of amides is 1. The molecular formula is C95H171NO18. The van der Waals surface area contributed by atoms with Gasteiger partial charge in [0.2, 0.25) is 5.91 Å².